The summed E-state index contributed by atoms with van der Waals surface area (Å²) in [5.41, 5.74) is 0.627. The van der Waals surface area contributed by atoms with Crippen LogP contribution in [0.15, 0.2) is 53.3 Å². The minimum Gasteiger partial charge on any atom is -0.462 e. The molecule has 1 aliphatic rings. The molecule has 1 aliphatic heterocycles. The third kappa shape index (κ3) is 5.05. The molecule has 0 bridgehead atoms. The Kier molecular flexibility index (Phi) is 6.72. The Morgan fingerprint density at radius 1 is 1.12 bits per heavy atom. The van der Waals surface area contributed by atoms with Gasteiger partial charge in [-0.2, -0.15) is 5.10 Å². The summed E-state index contributed by atoms with van der Waals surface area (Å²) in [5.74, 6) is 0.493. The number of piperidine rings is 1. The molecule has 1 atom stereocenters. The van der Waals surface area contributed by atoms with Gasteiger partial charge in [-0.25, -0.2) is 9.48 Å². The Bertz CT molecular complexity index is 1220. The second kappa shape index (κ2) is 9.85. The smallest absolute Gasteiger partial charge is 0.338 e. The summed E-state index contributed by atoms with van der Waals surface area (Å²) in [5, 5.41) is 8.73. The second-order valence-corrected chi connectivity index (χ2v) is 8.37. The Hall–Kier alpha value is -3.68. The van der Waals surface area contributed by atoms with Crippen molar-refractivity contribution in [3.63, 3.8) is 0 Å². The van der Waals surface area contributed by atoms with Crippen LogP contribution >= 0.6 is 0 Å². The van der Waals surface area contributed by atoms with E-state index < -0.39 is 5.97 Å². The number of carbonyl (C=O) groups is 2. The lowest BCUT2D eigenvalue weighted by molar-refractivity contribution is -0.117. The van der Waals surface area contributed by atoms with Crippen molar-refractivity contribution in [2.45, 2.75) is 33.2 Å². The molecule has 0 aliphatic carbocycles. The molecule has 8 heteroatoms. The number of hydrogen-bond donors (Lipinski definition) is 1. The standard InChI is InChI=1S/C25H28N4O4/c1-3-33-25(32)18-10-12-19(13-11-18)26-22(30)16-29-24(31)21-9-5-4-8-20(21)23(27-29)28-14-6-7-17(2)15-28/h4-5,8-13,17H,3,6-7,14-16H2,1-2H3,(H,26,30)/t17-/m0/s1. The lowest BCUT2D eigenvalue weighted by Crippen LogP contribution is -2.38. The number of anilines is 2. The number of rotatable bonds is 6. The van der Waals surface area contributed by atoms with Crippen LogP contribution in [0.2, 0.25) is 0 Å². The maximum Gasteiger partial charge on any atom is 0.338 e. The Balaban J connectivity index is 1.57. The second-order valence-electron chi connectivity index (χ2n) is 8.37. The molecule has 1 N–H and O–H groups in total. The fraction of sp³-hybridized carbons (Fsp3) is 0.360. The normalized spacial score (nSPS) is 15.9. The van der Waals surface area contributed by atoms with Crippen LogP contribution in [0.1, 0.15) is 37.0 Å². The van der Waals surface area contributed by atoms with Gasteiger partial charge in [-0.3, -0.25) is 9.59 Å². The van der Waals surface area contributed by atoms with Gasteiger partial charge in [0.2, 0.25) is 5.91 Å². The number of hydrogen-bond acceptors (Lipinski definition) is 6. The van der Waals surface area contributed by atoms with Gasteiger partial charge in [-0.1, -0.05) is 25.1 Å². The minimum absolute atomic E-state index is 0.209. The van der Waals surface area contributed by atoms with Gasteiger partial charge in [-0.05, 0) is 56.0 Å². The highest BCUT2D eigenvalue weighted by Gasteiger charge is 2.22. The maximum atomic E-state index is 13.0. The predicted octanol–water partition coefficient (Wildman–Crippen LogP) is 3.45. The van der Waals surface area contributed by atoms with Gasteiger partial charge in [0.1, 0.15) is 6.54 Å². The zero-order valence-electron chi connectivity index (χ0n) is 18.9. The summed E-state index contributed by atoms with van der Waals surface area (Å²) < 4.78 is 6.20. The van der Waals surface area contributed by atoms with E-state index in [0.717, 1.165) is 30.7 Å². The SMILES string of the molecule is CCOC(=O)c1ccc(NC(=O)Cn2nc(N3CCC[C@H](C)C3)c3ccccc3c2=O)cc1. The molecule has 1 amide bonds. The van der Waals surface area contributed by atoms with Crippen molar-refractivity contribution in [3.8, 4) is 0 Å². The van der Waals surface area contributed by atoms with Crippen LogP contribution in [0, 0.1) is 5.92 Å². The average Bonchev–Trinajstić information content (AvgIpc) is 2.81. The summed E-state index contributed by atoms with van der Waals surface area (Å²) in [7, 11) is 0. The lowest BCUT2D eigenvalue weighted by Gasteiger charge is -2.32. The molecule has 8 nitrogen and oxygen atoms in total. The molecular formula is C25H28N4O4. The molecule has 1 aromatic heterocycles. The number of fused-ring (bicyclic) bond motifs is 1. The largest absolute Gasteiger partial charge is 0.462 e. The van der Waals surface area contributed by atoms with Crippen molar-refractivity contribution < 1.29 is 14.3 Å². The monoisotopic (exact) mass is 448 g/mol. The van der Waals surface area contributed by atoms with Crippen LogP contribution in [-0.4, -0.2) is 41.4 Å². The van der Waals surface area contributed by atoms with E-state index in [1.807, 2.05) is 18.2 Å². The predicted molar refractivity (Wildman–Crippen MR) is 128 cm³/mol. The highest BCUT2D eigenvalue weighted by atomic mass is 16.5. The first-order valence-corrected chi connectivity index (χ1v) is 11.3. The first-order valence-electron chi connectivity index (χ1n) is 11.3. The van der Waals surface area contributed by atoms with Crippen LogP contribution in [0.4, 0.5) is 11.5 Å². The number of nitrogens with zero attached hydrogens (tertiary/aromatic N) is 3. The zero-order chi connectivity index (χ0) is 23.4. The summed E-state index contributed by atoms with van der Waals surface area (Å²) in [6.45, 7) is 5.78. The summed E-state index contributed by atoms with van der Waals surface area (Å²) in [6.07, 6.45) is 2.24. The van der Waals surface area contributed by atoms with Crippen LogP contribution in [0.3, 0.4) is 0 Å². The molecule has 4 rings (SSSR count). The van der Waals surface area contributed by atoms with Crippen LogP contribution in [-0.2, 0) is 16.1 Å². The van der Waals surface area contributed by atoms with Crippen molar-refractivity contribution >= 4 is 34.2 Å². The Labute approximate surface area is 192 Å². The van der Waals surface area contributed by atoms with Gasteiger partial charge >= 0.3 is 5.97 Å². The van der Waals surface area contributed by atoms with Gasteiger partial charge in [0.05, 0.1) is 17.6 Å². The number of esters is 1. The number of amides is 1. The van der Waals surface area contributed by atoms with Gasteiger partial charge in [0.25, 0.3) is 5.56 Å². The maximum absolute atomic E-state index is 13.0. The summed E-state index contributed by atoms with van der Waals surface area (Å²) in [4.78, 5) is 39.8. The van der Waals surface area contributed by atoms with E-state index in [4.69, 9.17) is 4.74 Å². The molecule has 172 valence electrons. The third-order valence-electron chi connectivity index (χ3n) is 5.78. The fourth-order valence-electron chi connectivity index (χ4n) is 4.18. The lowest BCUT2D eigenvalue weighted by atomic mass is 10.00. The molecule has 2 heterocycles. The topological polar surface area (TPSA) is 93.5 Å². The van der Waals surface area contributed by atoms with Crippen LogP contribution < -0.4 is 15.8 Å². The number of aromatic nitrogens is 2. The van der Waals surface area contributed by atoms with Crippen molar-refractivity contribution in [1.82, 2.24) is 9.78 Å². The molecule has 3 aromatic rings. The van der Waals surface area contributed by atoms with E-state index in [-0.39, 0.29) is 18.0 Å². The van der Waals surface area contributed by atoms with Crippen molar-refractivity contribution in [1.29, 1.82) is 0 Å². The molecule has 0 unspecified atom stereocenters. The van der Waals surface area contributed by atoms with Crippen molar-refractivity contribution in [2.75, 3.05) is 29.9 Å². The number of nitrogens with one attached hydrogen (secondary N) is 1. The van der Waals surface area contributed by atoms with Gasteiger partial charge in [-0.15, -0.1) is 0 Å². The molecule has 0 saturated carbocycles. The van der Waals surface area contributed by atoms with E-state index >= 15 is 0 Å². The quantitative estimate of drug-likeness (QED) is 0.581. The molecule has 0 radical (unpaired) electrons. The highest BCUT2D eigenvalue weighted by molar-refractivity contribution is 5.94. The Morgan fingerprint density at radius 2 is 1.85 bits per heavy atom. The third-order valence-corrected chi connectivity index (χ3v) is 5.78. The molecule has 2 aromatic carbocycles. The fourth-order valence-corrected chi connectivity index (χ4v) is 4.18. The van der Waals surface area contributed by atoms with E-state index in [0.29, 0.717) is 29.2 Å². The van der Waals surface area contributed by atoms with Crippen molar-refractivity contribution in [3.05, 3.63) is 64.4 Å². The number of benzene rings is 2. The van der Waals surface area contributed by atoms with E-state index in [1.165, 1.54) is 11.1 Å². The van der Waals surface area contributed by atoms with Crippen molar-refractivity contribution in [2.24, 2.45) is 5.92 Å². The molecule has 33 heavy (non-hydrogen) atoms. The number of carbonyl (C=O) groups excluding carboxylic acids is 2. The molecule has 0 spiro atoms. The highest BCUT2D eigenvalue weighted by Crippen LogP contribution is 2.26. The van der Waals surface area contributed by atoms with Crippen LogP contribution in [0.5, 0.6) is 0 Å². The first kappa shape index (κ1) is 22.5. The summed E-state index contributed by atoms with van der Waals surface area (Å²) >= 11 is 0. The first-order chi connectivity index (χ1) is 16.0. The van der Waals surface area contributed by atoms with E-state index in [9.17, 15) is 14.4 Å². The zero-order valence-corrected chi connectivity index (χ0v) is 18.9. The van der Waals surface area contributed by atoms with Gasteiger partial charge in [0.15, 0.2) is 5.82 Å². The molecular weight excluding hydrogens is 420 g/mol. The minimum atomic E-state index is -0.415. The summed E-state index contributed by atoms with van der Waals surface area (Å²) in [6, 6.07) is 13.8. The van der Waals surface area contributed by atoms with E-state index in [1.54, 1.807) is 37.3 Å². The Morgan fingerprint density at radius 3 is 2.55 bits per heavy atom. The molecule has 1 fully saturated rings. The average molecular weight is 449 g/mol. The van der Waals surface area contributed by atoms with Crippen LogP contribution in [0.25, 0.3) is 10.8 Å². The number of ether oxygens (including phenoxy) is 1. The molecule has 1 saturated heterocycles. The van der Waals surface area contributed by atoms with Gasteiger partial charge in [0, 0.05) is 24.2 Å². The van der Waals surface area contributed by atoms with Gasteiger partial charge < -0.3 is 15.0 Å². The van der Waals surface area contributed by atoms with E-state index in [2.05, 4.69) is 22.2 Å².